The molecule has 118 valence electrons. The molecule has 0 bridgehead atoms. The fraction of sp³-hybridized carbons (Fsp3) is 0.688. The molecule has 21 heavy (non-hydrogen) atoms. The molecular formula is C16H26N2O2S. The molecule has 1 saturated heterocycles. The second-order valence-corrected chi connectivity index (χ2v) is 6.86. The zero-order valence-corrected chi connectivity index (χ0v) is 14.1. The van der Waals surface area contributed by atoms with Crippen molar-refractivity contribution < 1.29 is 9.90 Å². The Morgan fingerprint density at radius 3 is 2.52 bits per heavy atom. The highest BCUT2D eigenvalue weighted by Crippen LogP contribution is 2.24. The lowest BCUT2D eigenvalue weighted by molar-refractivity contribution is 0.0527. The first kappa shape index (κ1) is 16.5. The summed E-state index contributed by atoms with van der Waals surface area (Å²) in [5.74, 6) is 0.165. The molecule has 0 aliphatic carbocycles. The number of hydrogen-bond acceptors (Lipinski definition) is 4. The molecule has 0 spiro atoms. The van der Waals surface area contributed by atoms with Gasteiger partial charge in [0, 0.05) is 37.6 Å². The van der Waals surface area contributed by atoms with E-state index in [0.29, 0.717) is 0 Å². The normalized spacial score (nSPS) is 18.0. The van der Waals surface area contributed by atoms with E-state index in [1.54, 1.807) is 11.3 Å². The molecule has 1 amide bonds. The van der Waals surface area contributed by atoms with Gasteiger partial charge >= 0.3 is 0 Å². The summed E-state index contributed by atoms with van der Waals surface area (Å²) in [5, 5.41) is 9.70. The summed E-state index contributed by atoms with van der Waals surface area (Å²) >= 11 is 1.63. The Morgan fingerprint density at radius 2 is 2.00 bits per heavy atom. The number of aryl methyl sites for hydroxylation is 2. The average Bonchev–Trinajstić information content (AvgIpc) is 2.88. The summed E-state index contributed by atoms with van der Waals surface area (Å²) < 4.78 is 0. The van der Waals surface area contributed by atoms with E-state index in [1.165, 1.54) is 10.4 Å². The van der Waals surface area contributed by atoms with Gasteiger partial charge in [-0.25, -0.2) is 0 Å². The first-order chi connectivity index (χ1) is 10.0. The van der Waals surface area contributed by atoms with Crippen LogP contribution in [0.2, 0.25) is 0 Å². The van der Waals surface area contributed by atoms with Crippen LogP contribution in [-0.4, -0.2) is 59.6 Å². The Labute approximate surface area is 131 Å². The Bertz CT molecular complexity index is 479. The molecule has 1 fully saturated rings. The largest absolute Gasteiger partial charge is 0.392 e. The lowest BCUT2D eigenvalue weighted by Gasteiger charge is -2.35. The number of aliphatic hydroxyl groups excluding tert-OH is 1. The highest BCUT2D eigenvalue weighted by atomic mass is 32.1. The van der Waals surface area contributed by atoms with Crippen LogP contribution >= 0.6 is 11.3 Å². The number of β-amino-alcohol motifs (C(OH)–C–C–N with tert-alkyl or cyclic N) is 1. The summed E-state index contributed by atoms with van der Waals surface area (Å²) in [5.41, 5.74) is 1.23. The molecule has 2 rings (SSSR count). The van der Waals surface area contributed by atoms with Gasteiger partial charge in [-0.05, 0) is 31.4 Å². The van der Waals surface area contributed by atoms with E-state index in [-0.39, 0.29) is 12.0 Å². The molecule has 1 atom stereocenters. The van der Waals surface area contributed by atoms with E-state index in [0.717, 1.165) is 50.4 Å². The number of thiophene rings is 1. The molecule has 0 saturated carbocycles. The predicted octanol–water partition coefficient (Wildman–Crippen LogP) is 2.15. The maximum Gasteiger partial charge on any atom is 0.264 e. The Balaban J connectivity index is 1.90. The number of carbonyl (C=O) groups excluding carboxylic acids is 1. The number of hydrogen-bond donors (Lipinski definition) is 1. The maximum atomic E-state index is 12.5. The Kier molecular flexibility index (Phi) is 5.79. The van der Waals surface area contributed by atoms with Crippen molar-refractivity contribution in [1.29, 1.82) is 0 Å². The van der Waals surface area contributed by atoms with Crippen molar-refractivity contribution in [3.63, 3.8) is 0 Å². The zero-order chi connectivity index (χ0) is 15.4. The van der Waals surface area contributed by atoms with Gasteiger partial charge < -0.3 is 10.0 Å². The van der Waals surface area contributed by atoms with E-state index in [9.17, 15) is 9.90 Å². The number of aliphatic hydroxyl groups is 1. The third-order valence-corrected chi connectivity index (χ3v) is 5.52. The molecule has 1 aliphatic heterocycles. The molecule has 1 N–H and O–H groups in total. The quantitative estimate of drug-likeness (QED) is 0.906. The van der Waals surface area contributed by atoms with Gasteiger partial charge in [-0.15, -0.1) is 11.3 Å². The molecule has 0 unspecified atom stereocenters. The minimum atomic E-state index is -0.251. The van der Waals surface area contributed by atoms with E-state index in [2.05, 4.69) is 18.7 Å². The predicted molar refractivity (Wildman–Crippen MR) is 87.1 cm³/mol. The fourth-order valence-corrected chi connectivity index (χ4v) is 3.77. The second kappa shape index (κ2) is 7.38. The molecule has 0 aromatic carbocycles. The van der Waals surface area contributed by atoms with Gasteiger partial charge in [0.25, 0.3) is 5.91 Å². The number of nitrogens with zero attached hydrogens (tertiary/aromatic N) is 2. The number of carbonyl (C=O) groups is 1. The summed E-state index contributed by atoms with van der Waals surface area (Å²) in [4.78, 5) is 18.9. The molecular weight excluding hydrogens is 284 g/mol. The number of piperazine rings is 1. The van der Waals surface area contributed by atoms with Gasteiger partial charge in [0.15, 0.2) is 0 Å². The van der Waals surface area contributed by atoms with E-state index < -0.39 is 0 Å². The second-order valence-electron chi connectivity index (χ2n) is 5.73. The third-order valence-electron chi connectivity index (χ3n) is 4.15. The van der Waals surface area contributed by atoms with Crippen LogP contribution in [0.25, 0.3) is 0 Å². The zero-order valence-electron chi connectivity index (χ0n) is 13.3. The molecule has 5 heteroatoms. The standard InChI is InChI=1S/C16H26N2O2S/c1-4-13(19)11-17-6-8-18(9-7-17)16(20)15-10-12(3)14(5-2)21-15/h10,13,19H,4-9,11H2,1-3H3/t13-/m0/s1. The molecule has 0 radical (unpaired) electrons. The topological polar surface area (TPSA) is 43.8 Å². The molecule has 1 aromatic heterocycles. The summed E-state index contributed by atoms with van der Waals surface area (Å²) in [7, 11) is 0. The molecule has 4 nitrogen and oxygen atoms in total. The van der Waals surface area contributed by atoms with Crippen molar-refractivity contribution >= 4 is 17.2 Å². The highest BCUT2D eigenvalue weighted by Gasteiger charge is 2.24. The minimum absolute atomic E-state index is 0.165. The van der Waals surface area contributed by atoms with Gasteiger partial charge in [-0.3, -0.25) is 9.69 Å². The first-order valence-corrected chi connectivity index (χ1v) is 8.65. The van der Waals surface area contributed by atoms with E-state index in [4.69, 9.17) is 0 Å². The minimum Gasteiger partial charge on any atom is -0.392 e. The van der Waals surface area contributed by atoms with Gasteiger partial charge in [-0.1, -0.05) is 13.8 Å². The van der Waals surface area contributed by atoms with Gasteiger partial charge in [0.1, 0.15) is 0 Å². The van der Waals surface area contributed by atoms with Crippen molar-refractivity contribution in [2.75, 3.05) is 32.7 Å². The van der Waals surface area contributed by atoms with Crippen LogP contribution in [-0.2, 0) is 6.42 Å². The van der Waals surface area contributed by atoms with Crippen molar-refractivity contribution in [3.05, 3.63) is 21.4 Å². The lowest BCUT2D eigenvalue weighted by Crippen LogP contribution is -2.50. The van der Waals surface area contributed by atoms with Crippen LogP contribution in [0.15, 0.2) is 6.07 Å². The molecule has 1 aliphatic rings. The Morgan fingerprint density at radius 1 is 1.33 bits per heavy atom. The molecule has 1 aromatic rings. The summed E-state index contributed by atoms with van der Waals surface area (Å²) in [6.07, 6.45) is 1.53. The maximum absolute atomic E-state index is 12.5. The van der Waals surface area contributed by atoms with Crippen LogP contribution in [0.1, 0.15) is 40.4 Å². The van der Waals surface area contributed by atoms with E-state index >= 15 is 0 Å². The monoisotopic (exact) mass is 310 g/mol. The number of amides is 1. The highest BCUT2D eigenvalue weighted by molar-refractivity contribution is 7.14. The summed E-state index contributed by atoms with van der Waals surface area (Å²) in [6, 6.07) is 2.03. The van der Waals surface area contributed by atoms with Gasteiger partial charge in [-0.2, -0.15) is 0 Å². The van der Waals surface area contributed by atoms with Crippen LogP contribution in [0.5, 0.6) is 0 Å². The lowest BCUT2D eigenvalue weighted by atomic mass is 10.2. The number of rotatable bonds is 5. The van der Waals surface area contributed by atoms with Gasteiger partial charge in [0.2, 0.25) is 0 Å². The van der Waals surface area contributed by atoms with Crippen molar-refractivity contribution in [1.82, 2.24) is 9.80 Å². The smallest absolute Gasteiger partial charge is 0.264 e. The van der Waals surface area contributed by atoms with Gasteiger partial charge in [0.05, 0.1) is 11.0 Å². The van der Waals surface area contributed by atoms with Crippen molar-refractivity contribution in [2.45, 2.75) is 39.7 Å². The average molecular weight is 310 g/mol. The summed E-state index contributed by atoms with van der Waals surface area (Å²) in [6.45, 7) is 10.1. The van der Waals surface area contributed by atoms with Crippen LogP contribution in [0.4, 0.5) is 0 Å². The van der Waals surface area contributed by atoms with Crippen molar-refractivity contribution in [2.24, 2.45) is 0 Å². The van der Waals surface area contributed by atoms with Crippen LogP contribution in [0.3, 0.4) is 0 Å². The fourth-order valence-electron chi connectivity index (χ4n) is 2.69. The molecule has 2 heterocycles. The SMILES string of the molecule is CCc1sc(C(=O)N2CCN(C[C@@H](O)CC)CC2)cc1C. The Hall–Kier alpha value is -0.910. The van der Waals surface area contributed by atoms with Crippen LogP contribution in [0, 0.1) is 6.92 Å². The third kappa shape index (κ3) is 4.05. The van der Waals surface area contributed by atoms with Crippen molar-refractivity contribution in [3.8, 4) is 0 Å². The first-order valence-electron chi connectivity index (χ1n) is 7.84. The van der Waals surface area contributed by atoms with Crippen LogP contribution < -0.4 is 0 Å². The van der Waals surface area contributed by atoms with E-state index in [1.807, 2.05) is 17.9 Å².